The molecule has 0 unspecified atom stereocenters. The Morgan fingerprint density at radius 3 is 3.00 bits per heavy atom. The summed E-state index contributed by atoms with van der Waals surface area (Å²) in [4.78, 5) is 6.73. The van der Waals surface area contributed by atoms with E-state index in [2.05, 4.69) is 22.5 Å². The molecule has 0 spiro atoms. The molecule has 0 amide bonds. The molecule has 0 aliphatic heterocycles. The normalized spacial score (nSPS) is 16.9. The number of nitrogens with two attached hydrogens (primary N) is 1. The zero-order valence-electron chi connectivity index (χ0n) is 9.76. The van der Waals surface area contributed by atoms with Crippen LogP contribution in [0, 0.1) is 0 Å². The summed E-state index contributed by atoms with van der Waals surface area (Å²) in [5.41, 5.74) is 7.02. The van der Waals surface area contributed by atoms with Gasteiger partial charge < -0.3 is 10.6 Å². The Morgan fingerprint density at radius 2 is 2.44 bits per heavy atom. The summed E-state index contributed by atoms with van der Waals surface area (Å²) in [6.45, 7) is 6.65. The largest absolute Gasteiger partial charge is 0.350 e. The van der Waals surface area contributed by atoms with Crippen molar-refractivity contribution < 1.29 is 0 Å². The second-order valence-electron chi connectivity index (χ2n) is 4.41. The molecule has 1 aliphatic carbocycles. The highest BCUT2D eigenvalue weighted by Gasteiger charge is 2.29. The van der Waals surface area contributed by atoms with Gasteiger partial charge in [-0.15, -0.1) is 6.58 Å². The van der Waals surface area contributed by atoms with Crippen molar-refractivity contribution in [2.75, 3.05) is 11.4 Å². The van der Waals surface area contributed by atoms with Crippen LogP contribution in [0.15, 0.2) is 31.0 Å². The summed E-state index contributed by atoms with van der Waals surface area (Å²) in [6, 6.07) is 4.78. The Bertz CT molecular complexity index is 369. The van der Waals surface area contributed by atoms with Gasteiger partial charge in [0.1, 0.15) is 5.82 Å². The SMILES string of the molecule is C=CCN(c1cc([C@@H](C)N)ccn1)C1CC1. The molecule has 1 saturated carbocycles. The third kappa shape index (κ3) is 2.42. The zero-order valence-corrected chi connectivity index (χ0v) is 9.76. The minimum atomic E-state index is 0.0616. The van der Waals surface area contributed by atoms with Gasteiger partial charge in [-0.05, 0) is 37.5 Å². The molecule has 0 saturated heterocycles. The number of aromatic nitrogens is 1. The van der Waals surface area contributed by atoms with Crippen molar-refractivity contribution in [2.24, 2.45) is 5.73 Å². The smallest absolute Gasteiger partial charge is 0.129 e. The fourth-order valence-corrected chi connectivity index (χ4v) is 1.83. The van der Waals surface area contributed by atoms with Crippen molar-refractivity contribution in [2.45, 2.75) is 31.8 Å². The van der Waals surface area contributed by atoms with E-state index in [1.807, 2.05) is 25.3 Å². The second-order valence-corrected chi connectivity index (χ2v) is 4.41. The van der Waals surface area contributed by atoms with Crippen LogP contribution >= 0.6 is 0 Å². The maximum atomic E-state index is 5.88. The second kappa shape index (κ2) is 4.66. The molecule has 1 aromatic rings. The molecule has 3 heteroatoms. The molecule has 1 atom stereocenters. The summed E-state index contributed by atoms with van der Waals surface area (Å²) in [5.74, 6) is 1.03. The third-order valence-electron chi connectivity index (χ3n) is 2.90. The van der Waals surface area contributed by atoms with Crippen molar-refractivity contribution >= 4 is 5.82 Å². The standard InChI is InChI=1S/C13H19N3/c1-3-8-16(12-4-5-12)13-9-11(10(2)14)6-7-15-13/h3,6-7,9-10,12H,1,4-5,8,14H2,2H3/t10-/m1/s1. The Kier molecular flexibility index (Phi) is 3.25. The average molecular weight is 217 g/mol. The molecule has 86 valence electrons. The van der Waals surface area contributed by atoms with Crippen molar-refractivity contribution in [1.29, 1.82) is 0 Å². The van der Waals surface area contributed by atoms with Gasteiger partial charge in [0.25, 0.3) is 0 Å². The Balaban J connectivity index is 2.22. The summed E-state index contributed by atoms with van der Waals surface area (Å²) in [5, 5.41) is 0. The molecule has 2 N–H and O–H groups in total. The Hall–Kier alpha value is -1.35. The number of anilines is 1. The van der Waals surface area contributed by atoms with E-state index in [1.165, 1.54) is 12.8 Å². The van der Waals surface area contributed by atoms with Crippen LogP contribution in [0.4, 0.5) is 5.82 Å². The van der Waals surface area contributed by atoms with Gasteiger partial charge in [-0.3, -0.25) is 0 Å². The van der Waals surface area contributed by atoms with Gasteiger partial charge in [0.2, 0.25) is 0 Å². The van der Waals surface area contributed by atoms with Crippen molar-refractivity contribution in [3.8, 4) is 0 Å². The average Bonchev–Trinajstić information content (AvgIpc) is 3.10. The number of nitrogens with zero attached hydrogens (tertiary/aromatic N) is 2. The van der Waals surface area contributed by atoms with E-state index < -0.39 is 0 Å². The zero-order chi connectivity index (χ0) is 11.5. The van der Waals surface area contributed by atoms with E-state index >= 15 is 0 Å². The van der Waals surface area contributed by atoms with Gasteiger partial charge in [0, 0.05) is 24.8 Å². The minimum Gasteiger partial charge on any atom is -0.350 e. The molecule has 3 nitrogen and oxygen atoms in total. The number of pyridine rings is 1. The predicted molar refractivity (Wildman–Crippen MR) is 67.4 cm³/mol. The topological polar surface area (TPSA) is 42.1 Å². The van der Waals surface area contributed by atoms with E-state index in [0.29, 0.717) is 6.04 Å². The lowest BCUT2D eigenvalue weighted by Gasteiger charge is -2.22. The highest BCUT2D eigenvalue weighted by Crippen LogP contribution is 2.31. The van der Waals surface area contributed by atoms with Gasteiger partial charge in [-0.1, -0.05) is 6.08 Å². The first-order valence-corrected chi connectivity index (χ1v) is 5.81. The monoisotopic (exact) mass is 217 g/mol. The van der Waals surface area contributed by atoms with Gasteiger partial charge in [0.05, 0.1) is 0 Å². The van der Waals surface area contributed by atoms with Crippen molar-refractivity contribution in [3.05, 3.63) is 36.5 Å². The number of hydrogen-bond donors (Lipinski definition) is 1. The van der Waals surface area contributed by atoms with Crippen LogP contribution in [0.2, 0.25) is 0 Å². The predicted octanol–water partition coefficient (Wildman–Crippen LogP) is 2.26. The van der Waals surface area contributed by atoms with Gasteiger partial charge in [0.15, 0.2) is 0 Å². The van der Waals surface area contributed by atoms with Crippen LogP contribution < -0.4 is 10.6 Å². The van der Waals surface area contributed by atoms with Crippen LogP contribution in [0.3, 0.4) is 0 Å². The highest BCUT2D eigenvalue weighted by molar-refractivity contribution is 5.45. The molecule has 2 rings (SSSR count). The van der Waals surface area contributed by atoms with Gasteiger partial charge >= 0.3 is 0 Å². The van der Waals surface area contributed by atoms with Crippen LogP contribution in [0.1, 0.15) is 31.4 Å². The van der Waals surface area contributed by atoms with E-state index in [0.717, 1.165) is 17.9 Å². The maximum Gasteiger partial charge on any atom is 0.129 e. The lowest BCUT2D eigenvalue weighted by molar-refractivity contribution is 0.800. The van der Waals surface area contributed by atoms with E-state index in [-0.39, 0.29) is 6.04 Å². The van der Waals surface area contributed by atoms with E-state index in [9.17, 15) is 0 Å². The molecular weight excluding hydrogens is 198 g/mol. The fraction of sp³-hybridized carbons (Fsp3) is 0.462. The van der Waals surface area contributed by atoms with Crippen LogP contribution in [-0.4, -0.2) is 17.6 Å². The van der Waals surface area contributed by atoms with Crippen LogP contribution in [0.25, 0.3) is 0 Å². The van der Waals surface area contributed by atoms with Gasteiger partial charge in [-0.25, -0.2) is 4.98 Å². The third-order valence-corrected chi connectivity index (χ3v) is 2.90. The van der Waals surface area contributed by atoms with Crippen molar-refractivity contribution in [1.82, 2.24) is 4.98 Å². The molecule has 16 heavy (non-hydrogen) atoms. The van der Waals surface area contributed by atoms with E-state index in [4.69, 9.17) is 5.73 Å². The molecule has 0 radical (unpaired) electrons. The minimum absolute atomic E-state index is 0.0616. The van der Waals surface area contributed by atoms with E-state index in [1.54, 1.807) is 0 Å². The lowest BCUT2D eigenvalue weighted by Crippen LogP contribution is -2.26. The Labute approximate surface area is 97.0 Å². The van der Waals surface area contributed by atoms with Gasteiger partial charge in [-0.2, -0.15) is 0 Å². The molecule has 1 heterocycles. The fourth-order valence-electron chi connectivity index (χ4n) is 1.83. The Morgan fingerprint density at radius 1 is 1.69 bits per heavy atom. The molecule has 0 aromatic carbocycles. The number of rotatable bonds is 5. The first kappa shape index (κ1) is 11.1. The molecule has 1 aliphatic rings. The summed E-state index contributed by atoms with van der Waals surface area (Å²) in [6.07, 6.45) is 6.29. The first-order chi connectivity index (χ1) is 7.72. The first-order valence-electron chi connectivity index (χ1n) is 5.81. The molecule has 0 bridgehead atoms. The van der Waals surface area contributed by atoms with Crippen molar-refractivity contribution in [3.63, 3.8) is 0 Å². The van der Waals surface area contributed by atoms with Crippen LogP contribution in [0.5, 0.6) is 0 Å². The maximum absolute atomic E-state index is 5.88. The molecule has 1 fully saturated rings. The quantitative estimate of drug-likeness (QED) is 0.769. The lowest BCUT2D eigenvalue weighted by atomic mass is 10.1. The molecular formula is C13H19N3. The summed E-state index contributed by atoms with van der Waals surface area (Å²) >= 11 is 0. The summed E-state index contributed by atoms with van der Waals surface area (Å²) in [7, 11) is 0. The highest BCUT2D eigenvalue weighted by atomic mass is 15.2. The number of hydrogen-bond acceptors (Lipinski definition) is 3. The molecule has 1 aromatic heterocycles. The van der Waals surface area contributed by atoms with Crippen LogP contribution in [-0.2, 0) is 0 Å². The summed E-state index contributed by atoms with van der Waals surface area (Å²) < 4.78 is 0.